The van der Waals surface area contributed by atoms with E-state index in [2.05, 4.69) is 59.5 Å². The van der Waals surface area contributed by atoms with E-state index in [1.165, 1.54) is 11.1 Å². The molecule has 0 fully saturated rings. The molecule has 0 atom stereocenters. The lowest BCUT2D eigenvalue weighted by molar-refractivity contribution is 1.59. The Kier molecular flexibility index (Phi) is 5.30. The molecule has 1 heteroatoms. The monoisotopic (exact) mass is 296 g/mol. The highest BCUT2D eigenvalue weighted by molar-refractivity contribution is 14.1. The zero-order valence-electron chi connectivity index (χ0n) is 7.99. The SMILES string of the molecule is C=C/C=C\C=C(/CI)c1ccccc1. The molecule has 72 valence electrons. The fourth-order valence-electron chi connectivity index (χ4n) is 1.12. The number of allylic oxidation sites excluding steroid dienone is 5. The molecule has 1 rings (SSSR count). The van der Waals surface area contributed by atoms with Crippen molar-refractivity contribution in [1.29, 1.82) is 0 Å². The Labute approximate surface area is 99.2 Å². The number of rotatable bonds is 4. The van der Waals surface area contributed by atoms with Gasteiger partial charge in [0.15, 0.2) is 0 Å². The molecule has 0 aliphatic heterocycles. The first-order valence-electron chi connectivity index (χ1n) is 4.48. The minimum atomic E-state index is 1.02. The van der Waals surface area contributed by atoms with E-state index in [4.69, 9.17) is 0 Å². The molecular formula is C13H13I. The second-order valence-electron chi connectivity index (χ2n) is 2.81. The van der Waals surface area contributed by atoms with Gasteiger partial charge in [-0.1, -0.05) is 83.8 Å². The number of hydrogen-bond donors (Lipinski definition) is 0. The summed E-state index contributed by atoms with van der Waals surface area (Å²) in [5.41, 5.74) is 2.62. The fourth-order valence-corrected chi connectivity index (χ4v) is 1.82. The number of halogens is 1. The van der Waals surface area contributed by atoms with Crippen LogP contribution in [0.25, 0.3) is 5.57 Å². The molecule has 1 aromatic rings. The number of benzene rings is 1. The van der Waals surface area contributed by atoms with Gasteiger partial charge in [0.05, 0.1) is 0 Å². The molecule has 1 aromatic carbocycles. The van der Waals surface area contributed by atoms with E-state index < -0.39 is 0 Å². The third kappa shape index (κ3) is 3.50. The van der Waals surface area contributed by atoms with Crippen molar-refractivity contribution in [3.63, 3.8) is 0 Å². The first-order chi connectivity index (χ1) is 6.88. The predicted octanol–water partition coefficient (Wildman–Crippen LogP) is 4.25. The molecule has 0 aliphatic carbocycles. The van der Waals surface area contributed by atoms with Crippen LogP contribution in [0.5, 0.6) is 0 Å². The summed E-state index contributed by atoms with van der Waals surface area (Å²) in [5.74, 6) is 0. The highest BCUT2D eigenvalue weighted by Crippen LogP contribution is 2.16. The fraction of sp³-hybridized carbons (Fsp3) is 0.0769. The Bertz CT molecular complexity index is 334. The van der Waals surface area contributed by atoms with Gasteiger partial charge in [0.25, 0.3) is 0 Å². The molecule has 0 amide bonds. The van der Waals surface area contributed by atoms with Gasteiger partial charge in [0.1, 0.15) is 0 Å². The first kappa shape index (κ1) is 11.2. The summed E-state index contributed by atoms with van der Waals surface area (Å²) < 4.78 is 1.02. The minimum Gasteiger partial charge on any atom is -0.0991 e. The maximum Gasteiger partial charge on any atom is 0.0253 e. The van der Waals surface area contributed by atoms with E-state index in [0.717, 1.165) is 4.43 Å². The quantitative estimate of drug-likeness (QED) is 0.443. The highest BCUT2D eigenvalue weighted by Gasteiger charge is 1.95. The molecule has 14 heavy (non-hydrogen) atoms. The molecule has 0 aromatic heterocycles. The molecule has 0 bridgehead atoms. The van der Waals surface area contributed by atoms with E-state index >= 15 is 0 Å². The molecule has 0 nitrogen and oxygen atoms in total. The predicted molar refractivity (Wildman–Crippen MR) is 72.6 cm³/mol. The van der Waals surface area contributed by atoms with Crippen molar-refractivity contribution in [2.24, 2.45) is 0 Å². The van der Waals surface area contributed by atoms with Crippen LogP contribution in [0, 0.1) is 0 Å². The smallest absolute Gasteiger partial charge is 0.0253 e. The summed E-state index contributed by atoms with van der Waals surface area (Å²) in [4.78, 5) is 0. The zero-order chi connectivity index (χ0) is 10.2. The third-order valence-electron chi connectivity index (χ3n) is 1.83. The van der Waals surface area contributed by atoms with Gasteiger partial charge in [-0.25, -0.2) is 0 Å². The molecule has 0 saturated carbocycles. The Morgan fingerprint density at radius 2 is 1.93 bits per heavy atom. The van der Waals surface area contributed by atoms with Crippen molar-refractivity contribution in [2.75, 3.05) is 4.43 Å². The molecule has 0 saturated heterocycles. The third-order valence-corrected chi connectivity index (χ3v) is 2.65. The molecule has 0 aliphatic rings. The van der Waals surface area contributed by atoms with Crippen molar-refractivity contribution in [3.8, 4) is 0 Å². The van der Waals surface area contributed by atoms with E-state index in [1.54, 1.807) is 6.08 Å². The van der Waals surface area contributed by atoms with Crippen LogP contribution in [-0.4, -0.2) is 4.43 Å². The van der Waals surface area contributed by atoms with Crippen molar-refractivity contribution in [3.05, 3.63) is 66.8 Å². The molecular weight excluding hydrogens is 283 g/mol. The van der Waals surface area contributed by atoms with Gasteiger partial charge in [-0.15, -0.1) is 0 Å². The van der Waals surface area contributed by atoms with E-state index in [9.17, 15) is 0 Å². The maximum absolute atomic E-state index is 3.64. The second-order valence-corrected chi connectivity index (χ2v) is 3.57. The lowest BCUT2D eigenvalue weighted by atomic mass is 10.1. The standard InChI is InChI=1S/C13H13I/c1-2-3-5-10-13(11-14)12-8-6-4-7-9-12/h2-10H,1,11H2/b5-3-,13-10+. The normalized spacial score (nSPS) is 11.9. The van der Waals surface area contributed by atoms with Crippen LogP contribution in [0.2, 0.25) is 0 Å². The maximum atomic E-state index is 3.64. The van der Waals surface area contributed by atoms with Gasteiger partial charge in [-0.3, -0.25) is 0 Å². The average Bonchev–Trinajstić information content (AvgIpc) is 2.26. The van der Waals surface area contributed by atoms with Gasteiger partial charge in [-0.2, -0.15) is 0 Å². The Morgan fingerprint density at radius 3 is 2.50 bits per heavy atom. The summed E-state index contributed by atoms with van der Waals surface area (Å²) in [6.45, 7) is 3.64. The van der Waals surface area contributed by atoms with Gasteiger partial charge < -0.3 is 0 Å². The van der Waals surface area contributed by atoms with E-state index in [-0.39, 0.29) is 0 Å². The van der Waals surface area contributed by atoms with Crippen LogP contribution in [0.1, 0.15) is 5.56 Å². The molecule has 0 spiro atoms. The van der Waals surface area contributed by atoms with Crippen molar-refractivity contribution < 1.29 is 0 Å². The summed E-state index contributed by atoms with van der Waals surface area (Å²) in [7, 11) is 0. The molecule has 0 radical (unpaired) electrons. The Balaban J connectivity index is 2.87. The molecule has 0 heterocycles. The van der Waals surface area contributed by atoms with E-state index in [0.29, 0.717) is 0 Å². The van der Waals surface area contributed by atoms with Crippen LogP contribution >= 0.6 is 22.6 Å². The van der Waals surface area contributed by atoms with Crippen molar-refractivity contribution >= 4 is 28.2 Å². The summed E-state index contributed by atoms with van der Waals surface area (Å²) in [5, 5.41) is 0. The molecule has 0 unspecified atom stereocenters. The lowest BCUT2D eigenvalue weighted by Gasteiger charge is -2.01. The van der Waals surface area contributed by atoms with Gasteiger partial charge >= 0.3 is 0 Å². The Hall–Kier alpha value is -0.830. The highest BCUT2D eigenvalue weighted by atomic mass is 127. The van der Waals surface area contributed by atoms with Crippen molar-refractivity contribution in [1.82, 2.24) is 0 Å². The summed E-state index contributed by atoms with van der Waals surface area (Å²) in [6, 6.07) is 10.4. The largest absolute Gasteiger partial charge is 0.0991 e. The minimum absolute atomic E-state index is 1.02. The second kappa shape index (κ2) is 6.60. The van der Waals surface area contributed by atoms with Crippen molar-refractivity contribution in [2.45, 2.75) is 0 Å². The molecule has 0 N–H and O–H groups in total. The van der Waals surface area contributed by atoms with Crippen LogP contribution in [-0.2, 0) is 0 Å². The van der Waals surface area contributed by atoms with Gasteiger partial charge in [0.2, 0.25) is 0 Å². The number of hydrogen-bond acceptors (Lipinski definition) is 0. The first-order valence-corrected chi connectivity index (χ1v) is 6.00. The van der Waals surface area contributed by atoms with Gasteiger partial charge in [0, 0.05) is 4.43 Å². The summed E-state index contributed by atoms with van der Waals surface area (Å²) in [6.07, 6.45) is 7.87. The summed E-state index contributed by atoms with van der Waals surface area (Å²) >= 11 is 2.38. The van der Waals surface area contributed by atoms with Gasteiger partial charge in [-0.05, 0) is 11.1 Å². The van der Waals surface area contributed by atoms with Crippen LogP contribution < -0.4 is 0 Å². The van der Waals surface area contributed by atoms with E-state index in [1.807, 2.05) is 18.2 Å². The number of alkyl halides is 1. The van der Waals surface area contributed by atoms with Crippen LogP contribution in [0.15, 0.2) is 61.2 Å². The Morgan fingerprint density at radius 1 is 1.21 bits per heavy atom. The lowest BCUT2D eigenvalue weighted by Crippen LogP contribution is -1.83. The average molecular weight is 296 g/mol. The zero-order valence-corrected chi connectivity index (χ0v) is 10.1. The van der Waals surface area contributed by atoms with Crippen LogP contribution in [0.3, 0.4) is 0 Å². The topological polar surface area (TPSA) is 0 Å². The van der Waals surface area contributed by atoms with Crippen LogP contribution in [0.4, 0.5) is 0 Å².